The third kappa shape index (κ3) is 42.0. The summed E-state index contributed by atoms with van der Waals surface area (Å²) < 4.78 is 16.6. The monoisotopic (exact) mass is 781 g/mol. The van der Waals surface area contributed by atoms with Crippen molar-refractivity contribution in [2.45, 2.75) is 213 Å². The van der Waals surface area contributed by atoms with Gasteiger partial charge in [-0.25, -0.2) is 0 Å². The molecular formula is C50H84O6. The summed E-state index contributed by atoms with van der Waals surface area (Å²) in [6.45, 7) is 6.37. The normalized spacial score (nSPS) is 12.7. The zero-order chi connectivity index (χ0) is 40.8. The fraction of sp³-hybridized carbons (Fsp3) is 0.700. The smallest absolute Gasteiger partial charge is 0.306 e. The van der Waals surface area contributed by atoms with Crippen molar-refractivity contribution in [3.05, 3.63) is 72.9 Å². The Labute approximate surface area is 344 Å². The maximum absolute atomic E-state index is 12.7. The van der Waals surface area contributed by atoms with Crippen LogP contribution in [0, 0.1) is 0 Å². The molecule has 0 bridgehead atoms. The van der Waals surface area contributed by atoms with E-state index in [1.807, 2.05) is 6.08 Å². The van der Waals surface area contributed by atoms with Gasteiger partial charge in [-0.15, -0.1) is 0 Å². The second kappa shape index (κ2) is 44.6. The van der Waals surface area contributed by atoms with Crippen LogP contribution in [0.25, 0.3) is 0 Å². The average molecular weight is 781 g/mol. The Morgan fingerprint density at radius 2 is 0.786 bits per heavy atom. The van der Waals surface area contributed by atoms with Gasteiger partial charge in [-0.1, -0.05) is 171 Å². The highest BCUT2D eigenvalue weighted by Crippen LogP contribution is 2.11. The van der Waals surface area contributed by atoms with Gasteiger partial charge in [0, 0.05) is 19.3 Å². The van der Waals surface area contributed by atoms with Gasteiger partial charge in [-0.05, 0) is 89.9 Å². The zero-order valence-corrected chi connectivity index (χ0v) is 36.4. The molecule has 1 atom stereocenters. The molecule has 56 heavy (non-hydrogen) atoms. The van der Waals surface area contributed by atoms with Gasteiger partial charge in [0.15, 0.2) is 6.10 Å². The maximum atomic E-state index is 12.7. The van der Waals surface area contributed by atoms with Crippen molar-refractivity contribution in [3.8, 4) is 0 Å². The number of carbonyl (C=O) groups excluding carboxylic acids is 3. The minimum absolute atomic E-state index is 0.123. The van der Waals surface area contributed by atoms with Gasteiger partial charge in [0.05, 0.1) is 0 Å². The predicted molar refractivity (Wildman–Crippen MR) is 238 cm³/mol. The van der Waals surface area contributed by atoms with E-state index in [1.54, 1.807) is 0 Å². The summed E-state index contributed by atoms with van der Waals surface area (Å²) in [5, 5.41) is 0. The van der Waals surface area contributed by atoms with Crippen molar-refractivity contribution in [1.29, 1.82) is 0 Å². The van der Waals surface area contributed by atoms with Crippen molar-refractivity contribution in [2.24, 2.45) is 0 Å². The molecule has 0 aliphatic heterocycles. The van der Waals surface area contributed by atoms with Crippen LogP contribution in [0.5, 0.6) is 0 Å². The molecule has 0 fully saturated rings. The third-order valence-electron chi connectivity index (χ3n) is 9.46. The van der Waals surface area contributed by atoms with E-state index < -0.39 is 12.1 Å². The molecule has 0 aromatic carbocycles. The zero-order valence-electron chi connectivity index (χ0n) is 36.4. The first-order valence-corrected chi connectivity index (χ1v) is 23.0. The Morgan fingerprint density at radius 1 is 0.393 bits per heavy atom. The minimum atomic E-state index is -0.826. The van der Waals surface area contributed by atoms with Crippen LogP contribution in [-0.2, 0) is 28.6 Å². The summed E-state index contributed by atoms with van der Waals surface area (Å²) in [4.78, 5) is 37.6. The average Bonchev–Trinajstić information content (AvgIpc) is 3.19. The molecule has 0 aliphatic carbocycles. The lowest BCUT2D eigenvalue weighted by molar-refractivity contribution is -0.166. The molecule has 0 amide bonds. The number of hydrogen-bond acceptors (Lipinski definition) is 6. The summed E-state index contributed by atoms with van der Waals surface area (Å²) in [5.74, 6) is -1.06. The Kier molecular flexibility index (Phi) is 42.1. The Bertz CT molecular complexity index is 1080. The van der Waals surface area contributed by atoms with E-state index in [2.05, 4.69) is 87.6 Å². The topological polar surface area (TPSA) is 78.9 Å². The van der Waals surface area contributed by atoms with E-state index in [1.165, 1.54) is 83.5 Å². The van der Waals surface area contributed by atoms with Crippen molar-refractivity contribution < 1.29 is 28.6 Å². The van der Waals surface area contributed by atoms with Crippen LogP contribution < -0.4 is 0 Å². The molecule has 0 saturated heterocycles. The second-order valence-corrected chi connectivity index (χ2v) is 14.9. The van der Waals surface area contributed by atoms with Crippen molar-refractivity contribution in [2.75, 3.05) is 13.2 Å². The largest absolute Gasteiger partial charge is 0.462 e. The van der Waals surface area contributed by atoms with Crippen LogP contribution in [0.3, 0.4) is 0 Å². The number of esters is 3. The fourth-order valence-electron chi connectivity index (χ4n) is 5.99. The van der Waals surface area contributed by atoms with Gasteiger partial charge >= 0.3 is 17.9 Å². The quantitative estimate of drug-likeness (QED) is 0.0203. The number of ether oxygens (including phenoxy) is 3. The highest BCUT2D eigenvalue weighted by Gasteiger charge is 2.19. The summed E-state index contributed by atoms with van der Waals surface area (Å²) in [6, 6.07) is 0. The molecule has 0 aliphatic rings. The molecule has 0 aromatic rings. The van der Waals surface area contributed by atoms with Crippen LogP contribution in [-0.4, -0.2) is 37.2 Å². The van der Waals surface area contributed by atoms with Crippen LogP contribution in [0.1, 0.15) is 207 Å². The first-order chi connectivity index (χ1) is 27.5. The lowest BCUT2D eigenvalue weighted by atomic mass is 10.1. The highest BCUT2D eigenvalue weighted by atomic mass is 16.6. The van der Waals surface area contributed by atoms with Crippen molar-refractivity contribution in [3.63, 3.8) is 0 Å². The van der Waals surface area contributed by atoms with E-state index >= 15 is 0 Å². The summed E-state index contributed by atoms with van der Waals surface area (Å²) in [7, 11) is 0. The molecule has 6 nitrogen and oxygen atoms in total. The molecule has 0 heterocycles. The van der Waals surface area contributed by atoms with Crippen molar-refractivity contribution in [1.82, 2.24) is 0 Å². The van der Waals surface area contributed by atoms with Crippen LogP contribution in [0.15, 0.2) is 72.9 Å². The number of hydrogen-bond donors (Lipinski definition) is 0. The van der Waals surface area contributed by atoms with Gasteiger partial charge < -0.3 is 14.2 Å². The molecule has 1 unspecified atom stereocenters. The Morgan fingerprint density at radius 3 is 1.29 bits per heavy atom. The molecule has 0 radical (unpaired) electrons. The molecule has 0 rings (SSSR count). The molecule has 0 saturated carbocycles. The predicted octanol–water partition coefficient (Wildman–Crippen LogP) is 14.7. The Balaban J connectivity index is 4.49. The summed E-state index contributed by atoms with van der Waals surface area (Å²) >= 11 is 0. The lowest BCUT2D eigenvalue weighted by Crippen LogP contribution is -2.30. The lowest BCUT2D eigenvalue weighted by Gasteiger charge is -2.18. The molecule has 0 spiro atoms. The van der Waals surface area contributed by atoms with Gasteiger partial charge in [-0.3, -0.25) is 14.4 Å². The number of carbonyl (C=O) groups is 3. The first-order valence-electron chi connectivity index (χ1n) is 23.0. The van der Waals surface area contributed by atoms with Crippen LogP contribution >= 0.6 is 0 Å². The summed E-state index contributed by atoms with van der Waals surface area (Å²) in [6.07, 6.45) is 54.8. The third-order valence-corrected chi connectivity index (χ3v) is 9.46. The van der Waals surface area contributed by atoms with E-state index in [9.17, 15) is 14.4 Å². The molecular weight excluding hydrogens is 697 g/mol. The van der Waals surface area contributed by atoms with E-state index in [4.69, 9.17) is 14.2 Å². The van der Waals surface area contributed by atoms with E-state index in [0.29, 0.717) is 19.3 Å². The fourth-order valence-corrected chi connectivity index (χ4v) is 5.99. The van der Waals surface area contributed by atoms with Crippen LogP contribution in [0.2, 0.25) is 0 Å². The van der Waals surface area contributed by atoms with Gasteiger partial charge in [0.1, 0.15) is 13.2 Å². The van der Waals surface area contributed by atoms with Gasteiger partial charge in [0.25, 0.3) is 0 Å². The minimum Gasteiger partial charge on any atom is -0.462 e. The maximum Gasteiger partial charge on any atom is 0.306 e. The summed E-state index contributed by atoms with van der Waals surface area (Å²) in [5.41, 5.74) is 0. The molecule has 0 N–H and O–H groups in total. The van der Waals surface area contributed by atoms with Gasteiger partial charge in [0.2, 0.25) is 0 Å². The molecule has 320 valence electrons. The van der Waals surface area contributed by atoms with Gasteiger partial charge in [-0.2, -0.15) is 0 Å². The molecule has 0 aromatic heterocycles. The standard InChI is InChI=1S/C50H84O6/c1-4-7-10-13-16-19-21-23-24-25-27-28-31-34-37-40-43-49(52)55-46-47(45-54-48(51)42-39-36-33-30-18-15-12-9-6-3)56-50(53)44-41-38-35-32-29-26-22-20-17-14-11-8-5-2/h9,12,18,24-30,35,38,47H,4-8,10-11,13-17,19-23,31-34,36-37,39-46H2,1-3H3/b12-9-,25-24-,28-27-,29-26-,30-18-,38-35-. The number of allylic oxidation sites excluding steroid dienone is 12. The second-order valence-electron chi connectivity index (χ2n) is 14.9. The molecule has 6 heteroatoms. The van der Waals surface area contributed by atoms with E-state index in [-0.39, 0.29) is 31.6 Å². The number of unbranched alkanes of at least 4 members (excludes halogenated alkanes) is 18. The Hall–Kier alpha value is -3.15. The van der Waals surface area contributed by atoms with Crippen molar-refractivity contribution >= 4 is 17.9 Å². The number of rotatable bonds is 40. The van der Waals surface area contributed by atoms with E-state index in [0.717, 1.165) is 77.0 Å². The SMILES string of the molecule is CC/C=C\C/C=C\CCCCC(=O)OCC(COC(=O)CCCCC/C=C\C=C/CCCCCCCCC)OC(=O)CC/C=C\C/C=C\CCCCCCCC. The highest BCUT2D eigenvalue weighted by molar-refractivity contribution is 5.71. The first kappa shape index (κ1) is 52.9. The van der Waals surface area contributed by atoms with Crippen LogP contribution in [0.4, 0.5) is 0 Å².